The molecule has 5 nitrogen and oxygen atoms in total. The summed E-state index contributed by atoms with van der Waals surface area (Å²) in [5, 5.41) is 3.43. The summed E-state index contributed by atoms with van der Waals surface area (Å²) in [6.07, 6.45) is 0.796. The molecular weight excluding hydrogens is 206 g/mol. The second kappa shape index (κ2) is 6.48. The fourth-order valence-corrected chi connectivity index (χ4v) is 1.19. The van der Waals surface area contributed by atoms with E-state index in [4.69, 9.17) is 10.3 Å². The number of ether oxygens (including phenoxy) is 1. The number of azide groups is 1. The average molecular weight is 219 g/mol. The van der Waals surface area contributed by atoms with Gasteiger partial charge in [0.2, 0.25) is 0 Å². The van der Waals surface area contributed by atoms with Crippen LogP contribution in [0.4, 0.5) is 0 Å². The van der Waals surface area contributed by atoms with Crippen molar-refractivity contribution in [2.75, 3.05) is 6.61 Å². The van der Waals surface area contributed by atoms with Crippen LogP contribution in [0, 0.1) is 0 Å². The van der Waals surface area contributed by atoms with Crippen LogP contribution in [0.25, 0.3) is 10.4 Å². The summed E-state index contributed by atoms with van der Waals surface area (Å²) >= 11 is 0. The Morgan fingerprint density at radius 2 is 2.38 bits per heavy atom. The van der Waals surface area contributed by atoms with Crippen LogP contribution in [0.5, 0.6) is 0 Å². The Balaban J connectivity index is 2.73. The molecule has 0 N–H and O–H groups in total. The molecular formula is C11H13N3O2. The third-order valence-corrected chi connectivity index (χ3v) is 1.92. The van der Waals surface area contributed by atoms with Crippen LogP contribution in [-0.4, -0.2) is 12.6 Å². The van der Waals surface area contributed by atoms with Crippen LogP contribution in [0.3, 0.4) is 0 Å². The first kappa shape index (κ1) is 12.1. The summed E-state index contributed by atoms with van der Waals surface area (Å²) in [6, 6.07) is 6.89. The van der Waals surface area contributed by atoms with Crippen molar-refractivity contribution in [1.29, 1.82) is 0 Å². The van der Waals surface area contributed by atoms with E-state index in [2.05, 4.69) is 10.0 Å². The number of carbonyl (C=O) groups excluding carboxylic acids is 1. The van der Waals surface area contributed by atoms with E-state index in [1.54, 1.807) is 24.3 Å². The predicted molar refractivity (Wildman–Crippen MR) is 59.9 cm³/mol. The van der Waals surface area contributed by atoms with Gasteiger partial charge in [0, 0.05) is 4.91 Å². The molecule has 0 aliphatic heterocycles. The maximum absolute atomic E-state index is 11.5. The van der Waals surface area contributed by atoms with E-state index >= 15 is 0 Å². The van der Waals surface area contributed by atoms with Crippen LogP contribution >= 0.6 is 0 Å². The number of nitrogens with zero attached hydrogens (tertiary/aromatic N) is 3. The Labute approximate surface area is 93.7 Å². The lowest BCUT2D eigenvalue weighted by atomic mass is 10.1. The van der Waals surface area contributed by atoms with Gasteiger partial charge in [-0.2, -0.15) is 0 Å². The van der Waals surface area contributed by atoms with Gasteiger partial charge < -0.3 is 4.74 Å². The summed E-state index contributed by atoms with van der Waals surface area (Å²) in [4.78, 5) is 14.2. The maximum Gasteiger partial charge on any atom is 0.338 e. The zero-order chi connectivity index (χ0) is 11.8. The monoisotopic (exact) mass is 219 g/mol. The molecule has 0 atom stereocenters. The van der Waals surface area contributed by atoms with Gasteiger partial charge in [-0.25, -0.2) is 4.79 Å². The van der Waals surface area contributed by atoms with Crippen molar-refractivity contribution in [3.8, 4) is 0 Å². The van der Waals surface area contributed by atoms with Crippen molar-refractivity contribution in [2.45, 2.75) is 19.9 Å². The summed E-state index contributed by atoms with van der Waals surface area (Å²) in [6.45, 7) is 2.59. The minimum atomic E-state index is -0.343. The molecule has 0 radical (unpaired) electrons. The third kappa shape index (κ3) is 3.63. The summed E-state index contributed by atoms with van der Waals surface area (Å²) in [5.74, 6) is -0.343. The van der Waals surface area contributed by atoms with Gasteiger partial charge in [-0.15, -0.1) is 0 Å². The van der Waals surface area contributed by atoms with E-state index in [0.717, 1.165) is 12.0 Å². The first-order valence-corrected chi connectivity index (χ1v) is 5.05. The van der Waals surface area contributed by atoms with Crippen molar-refractivity contribution >= 4 is 5.97 Å². The third-order valence-electron chi connectivity index (χ3n) is 1.92. The Hall–Kier alpha value is -2.00. The quantitative estimate of drug-likeness (QED) is 0.330. The standard InChI is InChI=1S/C11H13N3O2/c1-2-6-16-11(15)10-5-3-4-9(7-10)8-13-14-12/h3-5,7H,2,6,8H2,1H3. The molecule has 1 rings (SSSR count). The molecule has 1 aromatic rings. The van der Waals surface area contributed by atoms with Gasteiger partial charge in [0.1, 0.15) is 0 Å². The highest BCUT2D eigenvalue weighted by atomic mass is 16.5. The normalized spacial score (nSPS) is 9.31. The van der Waals surface area contributed by atoms with Gasteiger partial charge in [0.05, 0.1) is 18.7 Å². The van der Waals surface area contributed by atoms with Crippen molar-refractivity contribution in [3.63, 3.8) is 0 Å². The number of carbonyl (C=O) groups is 1. The number of hydrogen-bond acceptors (Lipinski definition) is 3. The van der Waals surface area contributed by atoms with E-state index in [1.807, 2.05) is 6.92 Å². The summed E-state index contributed by atoms with van der Waals surface area (Å²) in [5.41, 5.74) is 9.47. The number of hydrogen-bond donors (Lipinski definition) is 0. The molecule has 0 aliphatic carbocycles. The lowest BCUT2D eigenvalue weighted by Gasteiger charge is -2.04. The van der Waals surface area contributed by atoms with Crippen LogP contribution in [0.15, 0.2) is 29.4 Å². The largest absolute Gasteiger partial charge is 0.462 e. The van der Waals surface area contributed by atoms with Crippen molar-refractivity contribution in [1.82, 2.24) is 0 Å². The first-order valence-electron chi connectivity index (χ1n) is 5.05. The summed E-state index contributed by atoms with van der Waals surface area (Å²) < 4.78 is 4.99. The van der Waals surface area contributed by atoms with Crippen LogP contribution in [-0.2, 0) is 11.3 Å². The second-order valence-electron chi connectivity index (χ2n) is 3.23. The number of benzene rings is 1. The molecule has 5 heteroatoms. The maximum atomic E-state index is 11.5. The molecule has 0 bridgehead atoms. The molecule has 0 aromatic heterocycles. The minimum absolute atomic E-state index is 0.241. The molecule has 0 aliphatic rings. The van der Waals surface area contributed by atoms with Gasteiger partial charge in [-0.1, -0.05) is 24.2 Å². The minimum Gasteiger partial charge on any atom is -0.462 e. The molecule has 0 spiro atoms. The number of esters is 1. The lowest BCUT2D eigenvalue weighted by molar-refractivity contribution is 0.0505. The van der Waals surface area contributed by atoms with E-state index in [-0.39, 0.29) is 12.5 Å². The Morgan fingerprint density at radius 3 is 3.06 bits per heavy atom. The average Bonchev–Trinajstić information content (AvgIpc) is 2.33. The van der Waals surface area contributed by atoms with Gasteiger partial charge in [0.15, 0.2) is 0 Å². The highest BCUT2D eigenvalue weighted by Gasteiger charge is 2.06. The van der Waals surface area contributed by atoms with E-state index in [0.29, 0.717) is 12.2 Å². The van der Waals surface area contributed by atoms with E-state index in [1.165, 1.54) is 0 Å². The molecule has 0 amide bonds. The molecule has 1 aromatic carbocycles. The molecule has 16 heavy (non-hydrogen) atoms. The van der Waals surface area contributed by atoms with Crippen molar-refractivity contribution in [3.05, 3.63) is 45.8 Å². The second-order valence-corrected chi connectivity index (χ2v) is 3.23. The Kier molecular flexibility index (Phi) is 4.89. The molecule has 0 fully saturated rings. The first-order chi connectivity index (χ1) is 7.77. The van der Waals surface area contributed by atoms with Gasteiger partial charge >= 0.3 is 5.97 Å². The highest BCUT2D eigenvalue weighted by Crippen LogP contribution is 2.08. The fraction of sp³-hybridized carbons (Fsp3) is 0.364. The molecule has 0 saturated heterocycles. The molecule has 0 saturated carbocycles. The molecule has 84 valence electrons. The lowest BCUT2D eigenvalue weighted by Crippen LogP contribution is -2.06. The highest BCUT2D eigenvalue weighted by molar-refractivity contribution is 5.89. The van der Waals surface area contributed by atoms with Crippen molar-refractivity contribution < 1.29 is 9.53 Å². The van der Waals surface area contributed by atoms with Gasteiger partial charge in [-0.05, 0) is 29.6 Å². The Morgan fingerprint density at radius 1 is 1.56 bits per heavy atom. The zero-order valence-electron chi connectivity index (χ0n) is 9.09. The van der Waals surface area contributed by atoms with Crippen molar-refractivity contribution in [2.24, 2.45) is 5.11 Å². The Bertz CT molecular complexity index is 411. The summed E-state index contributed by atoms with van der Waals surface area (Å²) in [7, 11) is 0. The van der Waals surface area contributed by atoms with Crippen LogP contribution in [0.1, 0.15) is 29.3 Å². The molecule has 0 unspecified atom stereocenters. The topological polar surface area (TPSA) is 75.1 Å². The SMILES string of the molecule is CCCOC(=O)c1cccc(CN=[N+]=[N-])c1. The smallest absolute Gasteiger partial charge is 0.338 e. The molecule has 0 heterocycles. The van der Waals surface area contributed by atoms with E-state index in [9.17, 15) is 4.79 Å². The van der Waals surface area contributed by atoms with E-state index < -0.39 is 0 Å². The van der Waals surface area contributed by atoms with Gasteiger partial charge in [0.25, 0.3) is 0 Å². The fourth-order valence-electron chi connectivity index (χ4n) is 1.19. The van der Waals surface area contributed by atoms with Crippen LogP contribution < -0.4 is 0 Å². The zero-order valence-corrected chi connectivity index (χ0v) is 9.09. The van der Waals surface area contributed by atoms with Crippen LogP contribution in [0.2, 0.25) is 0 Å². The van der Waals surface area contributed by atoms with Gasteiger partial charge in [-0.3, -0.25) is 0 Å². The predicted octanol–water partition coefficient (Wildman–Crippen LogP) is 3.06. The number of rotatable bonds is 5.